The van der Waals surface area contributed by atoms with Crippen LogP contribution in [0.4, 0.5) is 0 Å². The zero-order valence-electron chi connectivity index (χ0n) is 16.2. The summed E-state index contributed by atoms with van der Waals surface area (Å²) in [6.07, 6.45) is 1.79. The molecule has 0 amide bonds. The van der Waals surface area contributed by atoms with Gasteiger partial charge in [-0.25, -0.2) is 0 Å². The lowest BCUT2D eigenvalue weighted by Gasteiger charge is -2.18. The maximum Gasteiger partial charge on any atom is 0.228 e. The lowest BCUT2D eigenvalue weighted by Crippen LogP contribution is -2.10. The van der Waals surface area contributed by atoms with Crippen LogP contribution in [0.25, 0.3) is 28.0 Å². The van der Waals surface area contributed by atoms with Crippen LogP contribution in [0.5, 0.6) is 17.2 Å². The van der Waals surface area contributed by atoms with Gasteiger partial charge in [-0.3, -0.25) is 4.79 Å². The van der Waals surface area contributed by atoms with E-state index in [9.17, 15) is 4.79 Å². The van der Waals surface area contributed by atoms with E-state index in [1.54, 1.807) is 27.4 Å². The van der Waals surface area contributed by atoms with E-state index in [1.807, 2.05) is 36.4 Å². The first-order valence-corrected chi connectivity index (χ1v) is 8.78. The Balaban J connectivity index is 1.98. The molecule has 3 aromatic rings. The first kappa shape index (κ1) is 17.9. The van der Waals surface area contributed by atoms with Crippen LogP contribution in [0.15, 0.2) is 48.2 Å². The van der Waals surface area contributed by atoms with E-state index in [0.29, 0.717) is 28.6 Å². The number of benzene rings is 3. The second-order valence-corrected chi connectivity index (χ2v) is 6.43. The number of carbonyl (C=O) groups excluding carboxylic acids is 1. The van der Waals surface area contributed by atoms with Crippen molar-refractivity contribution < 1.29 is 23.7 Å². The number of ketones is 1. The molecule has 0 spiro atoms. The van der Waals surface area contributed by atoms with Crippen LogP contribution >= 0.6 is 0 Å². The minimum Gasteiger partial charge on any atom is -0.493 e. The number of hydrogen-bond acceptors (Lipinski definition) is 5. The number of rotatable bonds is 5. The third-order valence-electron chi connectivity index (χ3n) is 4.98. The molecule has 28 heavy (non-hydrogen) atoms. The van der Waals surface area contributed by atoms with E-state index in [2.05, 4.69) is 6.07 Å². The number of carbonyl (C=O) groups is 1. The molecule has 0 N–H and O–H groups in total. The Morgan fingerprint density at radius 3 is 2.04 bits per heavy atom. The Hall–Kier alpha value is -3.47. The van der Waals surface area contributed by atoms with Gasteiger partial charge in [0.05, 0.1) is 28.4 Å². The summed E-state index contributed by atoms with van der Waals surface area (Å²) >= 11 is 0. The highest BCUT2D eigenvalue weighted by molar-refractivity contribution is 6.22. The normalized spacial score (nSPS) is 12.6. The van der Waals surface area contributed by atoms with Crippen molar-refractivity contribution in [2.75, 3.05) is 28.4 Å². The SMILES string of the molecule is COC1=Cc2cccc3cc(-c4cc(OC)c(OC)c(OC)c4)cc(c23)C1=O. The molecule has 0 heterocycles. The lowest BCUT2D eigenvalue weighted by molar-refractivity contribution is 0.0957. The van der Waals surface area contributed by atoms with Crippen LogP contribution in [-0.2, 0) is 4.74 Å². The number of methoxy groups -OCH3 is 4. The Kier molecular flexibility index (Phi) is 4.43. The van der Waals surface area contributed by atoms with Crippen molar-refractivity contribution >= 4 is 22.6 Å². The smallest absolute Gasteiger partial charge is 0.228 e. The summed E-state index contributed by atoms with van der Waals surface area (Å²) < 4.78 is 21.6. The van der Waals surface area contributed by atoms with Crippen LogP contribution in [0.2, 0.25) is 0 Å². The summed E-state index contributed by atoms with van der Waals surface area (Å²) in [5.41, 5.74) is 3.33. The molecule has 142 valence electrons. The average molecular weight is 376 g/mol. The van der Waals surface area contributed by atoms with Gasteiger partial charge in [-0.15, -0.1) is 0 Å². The summed E-state index contributed by atoms with van der Waals surface area (Å²) in [4.78, 5) is 12.9. The zero-order chi connectivity index (χ0) is 19.8. The second-order valence-electron chi connectivity index (χ2n) is 6.43. The van der Waals surface area contributed by atoms with Crippen molar-refractivity contribution in [1.82, 2.24) is 0 Å². The van der Waals surface area contributed by atoms with Crippen LogP contribution < -0.4 is 14.2 Å². The lowest BCUT2D eigenvalue weighted by atomic mass is 9.88. The maximum atomic E-state index is 12.9. The van der Waals surface area contributed by atoms with E-state index < -0.39 is 0 Å². The zero-order valence-corrected chi connectivity index (χ0v) is 16.2. The molecule has 0 aromatic heterocycles. The van der Waals surface area contributed by atoms with Crippen LogP contribution in [-0.4, -0.2) is 34.2 Å². The van der Waals surface area contributed by atoms with Crippen molar-refractivity contribution in [2.45, 2.75) is 0 Å². The van der Waals surface area contributed by atoms with E-state index in [0.717, 1.165) is 27.5 Å². The molecule has 1 aliphatic rings. The summed E-state index contributed by atoms with van der Waals surface area (Å²) in [5.74, 6) is 1.85. The molecule has 0 bridgehead atoms. The summed E-state index contributed by atoms with van der Waals surface area (Å²) in [7, 11) is 6.24. The van der Waals surface area contributed by atoms with Gasteiger partial charge in [0.1, 0.15) is 0 Å². The minimum atomic E-state index is -0.125. The first-order valence-electron chi connectivity index (χ1n) is 8.78. The average Bonchev–Trinajstić information content (AvgIpc) is 2.74. The summed E-state index contributed by atoms with van der Waals surface area (Å²) in [6.45, 7) is 0. The van der Waals surface area contributed by atoms with Crippen molar-refractivity contribution in [2.24, 2.45) is 0 Å². The third-order valence-corrected chi connectivity index (χ3v) is 4.98. The Labute approximate surface area is 163 Å². The van der Waals surface area contributed by atoms with Gasteiger partial charge in [0.2, 0.25) is 11.5 Å². The molecular weight excluding hydrogens is 356 g/mol. The molecule has 0 fully saturated rings. The van der Waals surface area contributed by atoms with E-state index in [4.69, 9.17) is 18.9 Å². The monoisotopic (exact) mass is 376 g/mol. The second kappa shape index (κ2) is 6.93. The summed E-state index contributed by atoms with van der Waals surface area (Å²) in [5, 5.41) is 1.92. The predicted molar refractivity (Wildman–Crippen MR) is 108 cm³/mol. The highest BCUT2D eigenvalue weighted by Gasteiger charge is 2.24. The maximum absolute atomic E-state index is 12.9. The summed E-state index contributed by atoms with van der Waals surface area (Å²) in [6, 6.07) is 13.7. The van der Waals surface area contributed by atoms with Crippen LogP contribution in [0.3, 0.4) is 0 Å². The Morgan fingerprint density at radius 1 is 0.750 bits per heavy atom. The molecule has 5 nitrogen and oxygen atoms in total. The topological polar surface area (TPSA) is 54.0 Å². The standard InChI is InChI=1S/C23H20O5/c1-25-18-10-14-7-5-6-13-8-15(9-17(21(13)14)22(18)24)16-11-19(26-2)23(28-4)20(12-16)27-3/h5-12H,1-4H3. The van der Waals surface area contributed by atoms with E-state index in [1.165, 1.54) is 7.11 Å². The van der Waals surface area contributed by atoms with Gasteiger partial charge in [-0.1, -0.05) is 18.2 Å². The van der Waals surface area contributed by atoms with Gasteiger partial charge in [-0.2, -0.15) is 0 Å². The molecule has 0 saturated heterocycles. The molecule has 0 atom stereocenters. The van der Waals surface area contributed by atoms with Crippen molar-refractivity contribution in [3.05, 3.63) is 59.4 Å². The minimum absolute atomic E-state index is 0.125. The van der Waals surface area contributed by atoms with Crippen LogP contribution in [0.1, 0.15) is 15.9 Å². The molecular formula is C23H20O5. The highest BCUT2D eigenvalue weighted by Crippen LogP contribution is 2.43. The molecule has 0 radical (unpaired) electrons. The number of allylic oxidation sites excluding steroid dienone is 1. The van der Waals surface area contributed by atoms with Gasteiger partial charge < -0.3 is 18.9 Å². The van der Waals surface area contributed by atoms with E-state index in [-0.39, 0.29) is 5.78 Å². The van der Waals surface area contributed by atoms with Gasteiger partial charge >= 0.3 is 0 Å². The molecule has 0 unspecified atom stereocenters. The fraction of sp³-hybridized carbons (Fsp3) is 0.174. The first-order chi connectivity index (χ1) is 13.6. The van der Waals surface area contributed by atoms with Crippen molar-refractivity contribution in [3.63, 3.8) is 0 Å². The molecule has 3 aromatic carbocycles. The fourth-order valence-corrected chi connectivity index (χ4v) is 3.66. The number of Topliss-reactive ketones (excluding diaryl/α,β-unsaturated/α-hetero) is 1. The highest BCUT2D eigenvalue weighted by atomic mass is 16.5. The molecule has 1 aliphatic carbocycles. The fourth-order valence-electron chi connectivity index (χ4n) is 3.66. The van der Waals surface area contributed by atoms with E-state index >= 15 is 0 Å². The molecule has 4 rings (SSSR count). The van der Waals surface area contributed by atoms with Gasteiger partial charge in [0.15, 0.2) is 17.3 Å². The molecule has 5 heteroatoms. The Bertz CT molecular complexity index is 1100. The Morgan fingerprint density at radius 2 is 1.43 bits per heavy atom. The van der Waals surface area contributed by atoms with Gasteiger partial charge in [-0.05, 0) is 52.4 Å². The largest absolute Gasteiger partial charge is 0.493 e. The number of ether oxygens (including phenoxy) is 4. The molecule has 0 aliphatic heterocycles. The van der Waals surface area contributed by atoms with Crippen molar-refractivity contribution in [3.8, 4) is 28.4 Å². The van der Waals surface area contributed by atoms with Gasteiger partial charge in [0.25, 0.3) is 0 Å². The van der Waals surface area contributed by atoms with Crippen LogP contribution in [0, 0.1) is 0 Å². The third kappa shape index (κ3) is 2.67. The molecule has 0 saturated carbocycles. The van der Waals surface area contributed by atoms with Crippen molar-refractivity contribution in [1.29, 1.82) is 0 Å². The number of hydrogen-bond donors (Lipinski definition) is 0. The quantitative estimate of drug-likeness (QED) is 0.645. The van der Waals surface area contributed by atoms with Gasteiger partial charge in [0, 0.05) is 10.9 Å². The predicted octanol–water partition coefficient (Wildman–Crippen LogP) is 4.72.